The van der Waals surface area contributed by atoms with Crippen LogP contribution < -0.4 is 27.4 Å². The van der Waals surface area contributed by atoms with Crippen LogP contribution >= 0.6 is 0 Å². The van der Waals surface area contributed by atoms with Crippen molar-refractivity contribution >= 4 is 35.0 Å². The van der Waals surface area contributed by atoms with Gasteiger partial charge in [-0.2, -0.15) is 0 Å². The SMILES string of the molecule is NC(=O)Nc1cccc(C(N)=O)c1NC(=O)Nc1ccccc1. The van der Waals surface area contributed by atoms with Crippen molar-refractivity contribution in [1.82, 2.24) is 0 Å². The van der Waals surface area contributed by atoms with Crippen LogP contribution in [0, 0.1) is 0 Å². The Hall–Kier alpha value is -3.55. The van der Waals surface area contributed by atoms with E-state index in [4.69, 9.17) is 11.5 Å². The van der Waals surface area contributed by atoms with Crippen LogP contribution in [0.5, 0.6) is 0 Å². The number of amides is 5. The number of hydrogen-bond donors (Lipinski definition) is 5. The summed E-state index contributed by atoms with van der Waals surface area (Å²) < 4.78 is 0. The van der Waals surface area contributed by atoms with E-state index in [0.717, 1.165) is 0 Å². The van der Waals surface area contributed by atoms with E-state index in [1.807, 2.05) is 0 Å². The predicted molar refractivity (Wildman–Crippen MR) is 87.2 cm³/mol. The third-order valence-electron chi connectivity index (χ3n) is 2.86. The topological polar surface area (TPSA) is 139 Å². The summed E-state index contributed by atoms with van der Waals surface area (Å²) in [6.45, 7) is 0. The Kier molecular flexibility index (Phi) is 4.78. The van der Waals surface area contributed by atoms with Gasteiger partial charge in [0.05, 0.1) is 16.9 Å². The average molecular weight is 313 g/mol. The summed E-state index contributed by atoms with van der Waals surface area (Å²) in [6, 6.07) is 11.7. The average Bonchev–Trinajstić information content (AvgIpc) is 2.49. The van der Waals surface area contributed by atoms with E-state index in [9.17, 15) is 14.4 Å². The fraction of sp³-hybridized carbons (Fsp3) is 0. The molecule has 0 heterocycles. The Bertz CT molecular complexity index is 746. The third kappa shape index (κ3) is 4.21. The Morgan fingerprint density at radius 2 is 1.48 bits per heavy atom. The number of primary amides is 2. The maximum absolute atomic E-state index is 12.1. The fourth-order valence-electron chi connectivity index (χ4n) is 1.93. The highest BCUT2D eigenvalue weighted by atomic mass is 16.2. The number of benzene rings is 2. The predicted octanol–water partition coefficient (Wildman–Crippen LogP) is 1.92. The minimum absolute atomic E-state index is 0.0412. The van der Waals surface area contributed by atoms with Gasteiger partial charge in [-0.15, -0.1) is 0 Å². The van der Waals surface area contributed by atoms with E-state index in [0.29, 0.717) is 5.69 Å². The molecule has 0 radical (unpaired) electrons. The van der Waals surface area contributed by atoms with Gasteiger partial charge < -0.3 is 27.4 Å². The van der Waals surface area contributed by atoms with Gasteiger partial charge in [-0.1, -0.05) is 24.3 Å². The highest BCUT2D eigenvalue weighted by Crippen LogP contribution is 2.26. The zero-order valence-corrected chi connectivity index (χ0v) is 12.0. The Morgan fingerprint density at radius 3 is 2.09 bits per heavy atom. The molecule has 0 atom stereocenters. The monoisotopic (exact) mass is 313 g/mol. The van der Waals surface area contributed by atoms with E-state index in [2.05, 4.69) is 16.0 Å². The summed E-state index contributed by atoms with van der Waals surface area (Å²) in [7, 11) is 0. The summed E-state index contributed by atoms with van der Waals surface area (Å²) in [5, 5.41) is 7.41. The molecule has 2 rings (SSSR count). The van der Waals surface area contributed by atoms with E-state index in [1.165, 1.54) is 18.2 Å². The number of nitrogens with two attached hydrogens (primary N) is 2. The van der Waals surface area contributed by atoms with Crippen molar-refractivity contribution < 1.29 is 14.4 Å². The Labute approximate surface area is 131 Å². The molecule has 0 saturated heterocycles. The molecule has 0 bridgehead atoms. The molecular weight excluding hydrogens is 298 g/mol. The normalized spacial score (nSPS) is 9.74. The van der Waals surface area contributed by atoms with Crippen LogP contribution in [-0.2, 0) is 0 Å². The second kappa shape index (κ2) is 6.94. The number of carbonyl (C=O) groups is 3. The number of urea groups is 2. The number of hydrogen-bond acceptors (Lipinski definition) is 3. The second-order valence-electron chi connectivity index (χ2n) is 4.53. The molecule has 0 saturated carbocycles. The standard InChI is InChI=1S/C15H15N5O3/c16-13(21)10-7-4-8-11(19-14(17)22)12(10)20-15(23)18-9-5-2-1-3-6-9/h1-8H,(H2,16,21)(H3,17,19,22)(H2,18,20,23). The van der Waals surface area contributed by atoms with Gasteiger partial charge in [0.2, 0.25) is 0 Å². The van der Waals surface area contributed by atoms with Crippen molar-refractivity contribution in [2.75, 3.05) is 16.0 Å². The molecule has 0 unspecified atom stereocenters. The molecule has 8 heteroatoms. The van der Waals surface area contributed by atoms with Crippen molar-refractivity contribution in [2.45, 2.75) is 0 Å². The summed E-state index contributed by atoms with van der Waals surface area (Å²) in [5.74, 6) is -0.756. The lowest BCUT2D eigenvalue weighted by Crippen LogP contribution is -2.25. The molecule has 0 fully saturated rings. The number of anilines is 3. The quantitative estimate of drug-likeness (QED) is 0.589. The summed E-state index contributed by atoms with van der Waals surface area (Å²) in [6.07, 6.45) is 0. The molecule has 0 aliphatic heterocycles. The van der Waals surface area contributed by atoms with Crippen molar-refractivity contribution in [3.8, 4) is 0 Å². The van der Waals surface area contributed by atoms with Gasteiger partial charge in [0.25, 0.3) is 5.91 Å². The highest BCUT2D eigenvalue weighted by Gasteiger charge is 2.16. The van der Waals surface area contributed by atoms with Crippen molar-refractivity contribution in [2.24, 2.45) is 11.5 Å². The Balaban J connectivity index is 2.27. The summed E-state index contributed by atoms with van der Waals surface area (Å²) in [4.78, 5) is 34.6. The van der Waals surface area contributed by atoms with Crippen LogP contribution in [0.4, 0.5) is 26.7 Å². The summed E-state index contributed by atoms with van der Waals surface area (Å²) >= 11 is 0. The van der Waals surface area contributed by atoms with Crippen LogP contribution in [0.1, 0.15) is 10.4 Å². The van der Waals surface area contributed by atoms with Crippen molar-refractivity contribution in [1.29, 1.82) is 0 Å². The molecular formula is C15H15N5O3. The van der Waals surface area contributed by atoms with Crippen LogP contribution in [0.15, 0.2) is 48.5 Å². The van der Waals surface area contributed by atoms with Gasteiger partial charge in [-0.05, 0) is 24.3 Å². The van der Waals surface area contributed by atoms with Crippen molar-refractivity contribution in [3.05, 3.63) is 54.1 Å². The van der Waals surface area contributed by atoms with Crippen LogP contribution in [0.25, 0.3) is 0 Å². The molecule has 7 N–H and O–H groups in total. The van der Waals surface area contributed by atoms with Gasteiger partial charge in [-0.3, -0.25) is 4.79 Å². The molecule has 0 aromatic heterocycles. The van der Waals surface area contributed by atoms with Gasteiger partial charge >= 0.3 is 12.1 Å². The summed E-state index contributed by atoms with van der Waals surface area (Å²) in [5.41, 5.74) is 11.2. The molecule has 118 valence electrons. The molecule has 5 amide bonds. The molecule has 0 spiro atoms. The maximum atomic E-state index is 12.1. The van der Waals surface area contributed by atoms with E-state index < -0.39 is 18.0 Å². The number of nitrogens with one attached hydrogen (secondary N) is 3. The molecule has 0 aliphatic rings. The smallest absolute Gasteiger partial charge is 0.323 e. The number of para-hydroxylation sites is 2. The zero-order valence-electron chi connectivity index (χ0n) is 12.0. The lowest BCUT2D eigenvalue weighted by atomic mass is 10.1. The first-order valence-electron chi connectivity index (χ1n) is 6.59. The zero-order chi connectivity index (χ0) is 16.8. The van der Waals surface area contributed by atoms with Gasteiger partial charge in [0.1, 0.15) is 0 Å². The lowest BCUT2D eigenvalue weighted by molar-refractivity contribution is 0.100. The maximum Gasteiger partial charge on any atom is 0.323 e. The minimum Gasteiger partial charge on any atom is -0.366 e. The minimum atomic E-state index is -0.835. The van der Waals surface area contributed by atoms with Gasteiger partial charge in [0.15, 0.2) is 0 Å². The number of rotatable bonds is 4. The first kappa shape index (κ1) is 15.8. The molecule has 2 aromatic rings. The van der Waals surface area contributed by atoms with E-state index >= 15 is 0 Å². The molecule has 0 aliphatic carbocycles. The number of carbonyl (C=O) groups excluding carboxylic acids is 3. The van der Waals surface area contributed by atoms with Crippen LogP contribution in [-0.4, -0.2) is 18.0 Å². The van der Waals surface area contributed by atoms with Crippen LogP contribution in [0.3, 0.4) is 0 Å². The lowest BCUT2D eigenvalue weighted by Gasteiger charge is -2.15. The van der Waals surface area contributed by atoms with E-state index in [1.54, 1.807) is 30.3 Å². The Morgan fingerprint density at radius 1 is 0.783 bits per heavy atom. The van der Waals surface area contributed by atoms with Gasteiger partial charge in [-0.25, -0.2) is 9.59 Å². The molecule has 8 nitrogen and oxygen atoms in total. The second-order valence-corrected chi connectivity index (χ2v) is 4.53. The first-order chi connectivity index (χ1) is 11.0. The van der Waals surface area contributed by atoms with E-state index in [-0.39, 0.29) is 16.9 Å². The third-order valence-corrected chi connectivity index (χ3v) is 2.86. The highest BCUT2D eigenvalue weighted by molar-refractivity contribution is 6.10. The first-order valence-corrected chi connectivity index (χ1v) is 6.59. The molecule has 2 aromatic carbocycles. The van der Waals surface area contributed by atoms with Crippen molar-refractivity contribution in [3.63, 3.8) is 0 Å². The fourth-order valence-corrected chi connectivity index (χ4v) is 1.93. The van der Waals surface area contributed by atoms with Crippen LogP contribution in [0.2, 0.25) is 0 Å². The van der Waals surface area contributed by atoms with Gasteiger partial charge in [0, 0.05) is 5.69 Å². The largest absolute Gasteiger partial charge is 0.366 e. The molecule has 23 heavy (non-hydrogen) atoms.